The van der Waals surface area contributed by atoms with Crippen LogP contribution >= 0.6 is 34.8 Å². The predicted octanol–water partition coefficient (Wildman–Crippen LogP) is 5.34. The lowest BCUT2D eigenvalue weighted by Gasteiger charge is -2.16. The summed E-state index contributed by atoms with van der Waals surface area (Å²) < 4.78 is 5.67. The Kier molecular flexibility index (Phi) is 5.39. The highest BCUT2D eigenvalue weighted by Gasteiger charge is 2.13. The maximum atomic E-state index is 6.17. The summed E-state index contributed by atoms with van der Waals surface area (Å²) >= 11 is 18.0. The Balaban J connectivity index is 2.12. The van der Waals surface area contributed by atoms with Crippen molar-refractivity contribution in [2.45, 2.75) is 19.9 Å². The van der Waals surface area contributed by atoms with Gasteiger partial charge in [-0.25, -0.2) is 0 Å². The third-order valence-corrected chi connectivity index (χ3v) is 3.82. The Morgan fingerprint density at radius 1 is 0.952 bits per heavy atom. The summed E-state index contributed by atoms with van der Waals surface area (Å²) in [5, 5.41) is 1.22. The fourth-order valence-electron chi connectivity index (χ4n) is 2.16. The van der Waals surface area contributed by atoms with Gasteiger partial charge in [-0.1, -0.05) is 64.1 Å². The molecule has 2 rings (SSSR count). The van der Waals surface area contributed by atoms with E-state index in [0.717, 1.165) is 5.56 Å². The normalized spacial score (nSPS) is 12.3. The molecule has 0 aliphatic heterocycles. The number of ether oxygens (including phenoxy) is 1. The first-order valence-corrected chi connectivity index (χ1v) is 7.61. The smallest absolute Gasteiger partial charge is 0.156 e. The lowest BCUT2D eigenvalue weighted by atomic mass is 10.0. The van der Waals surface area contributed by atoms with Crippen LogP contribution in [0.1, 0.15) is 22.7 Å². The number of aryl methyl sites for hydroxylation is 2. The second kappa shape index (κ2) is 6.89. The van der Waals surface area contributed by atoms with Gasteiger partial charge in [-0.05, 0) is 31.5 Å². The third-order valence-electron chi connectivity index (χ3n) is 3.04. The largest absolute Gasteiger partial charge is 0.488 e. The van der Waals surface area contributed by atoms with E-state index >= 15 is 0 Å². The number of rotatable bonds is 4. The highest BCUT2D eigenvalue weighted by molar-refractivity contribution is 6.40. The van der Waals surface area contributed by atoms with Crippen molar-refractivity contribution in [3.8, 4) is 5.75 Å². The molecule has 0 radical (unpaired) electrons. The Bertz CT molecular complexity index is 615. The molecule has 2 aromatic carbocycles. The molecule has 112 valence electrons. The molecule has 2 nitrogen and oxygen atoms in total. The van der Waals surface area contributed by atoms with Gasteiger partial charge >= 0.3 is 0 Å². The van der Waals surface area contributed by atoms with Crippen molar-refractivity contribution in [3.05, 3.63) is 62.1 Å². The van der Waals surface area contributed by atoms with Gasteiger partial charge in [-0.3, -0.25) is 0 Å². The molecule has 0 aliphatic rings. The van der Waals surface area contributed by atoms with Crippen LogP contribution in [0.3, 0.4) is 0 Å². The van der Waals surface area contributed by atoms with Crippen molar-refractivity contribution < 1.29 is 4.74 Å². The average Bonchev–Trinajstić information content (AvgIpc) is 2.35. The second-order valence-electron chi connectivity index (χ2n) is 5.04. The van der Waals surface area contributed by atoms with E-state index in [1.54, 1.807) is 12.1 Å². The van der Waals surface area contributed by atoms with E-state index in [1.165, 1.54) is 11.1 Å². The van der Waals surface area contributed by atoms with Crippen molar-refractivity contribution in [2.75, 3.05) is 6.61 Å². The van der Waals surface area contributed by atoms with Crippen LogP contribution in [-0.4, -0.2) is 6.61 Å². The summed E-state index contributed by atoms with van der Waals surface area (Å²) in [5.74, 6) is 0.405. The molecule has 0 aliphatic carbocycles. The summed E-state index contributed by atoms with van der Waals surface area (Å²) in [5.41, 5.74) is 9.53. The Hall–Kier alpha value is -0.930. The van der Waals surface area contributed by atoms with E-state index in [2.05, 4.69) is 6.07 Å². The zero-order valence-electron chi connectivity index (χ0n) is 11.8. The maximum absolute atomic E-state index is 6.17. The van der Waals surface area contributed by atoms with E-state index in [1.807, 2.05) is 26.0 Å². The van der Waals surface area contributed by atoms with E-state index < -0.39 is 0 Å². The van der Waals surface area contributed by atoms with E-state index in [0.29, 0.717) is 20.8 Å². The number of hydrogen-bond donors (Lipinski definition) is 1. The molecule has 0 aromatic heterocycles. The maximum Gasteiger partial charge on any atom is 0.156 e. The first kappa shape index (κ1) is 16.4. The predicted molar refractivity (Wildman–Crippen MR) is 89.8 cm³/mol. The van der Waals surface area contributed by atoms with Crippen LogP contribution in [0.4, 0.5) is 0 Å². The van der Waals surface area contributed by atoms with Crippen LogP contribution in [0.5, 0.6) is 5.75 Å². The van der Waals surface area contributed by atoms with Crippen LogP contribution in [0.2, 0.25) is 15.1 Å². The van der Waals surface area contributed by atoms with Crippen molar-refractivity contribution in [1.82, 2.24) is 0 Å². The third kappa shape index (κ3) is 4.27. The molecule has 0 saturated heterocycles. The molecule has 0 bridgehead atoms. The molecule has 21 heavy (non-hydrogen) atoms. The first-order chi connectivity index (χ1) is 9.86. The lowest BCUT2D eigenvalue weighted by molar-refractivity contribution is 0.291. The van der Waals surface area contributed by atoms with Crippen LogP contribution < -0.4 is 10.5 Å². The number of hydrogen-bond acceptors (Lipinski definition) is 2. The van der Waals surface area contributed by atoms with Gasteiger partial charge in [0.05, 0.1) is 16.1 Å². The standard InChI is InChI=1S/C16H16Cl3NO/c1-9-3-10(2)5-11(4-9)15(20)8-21-16-13(18)6-12(17)7-14(16)19/h3-7,15H,8,20H2,1-2H3. The van der Waals surface area contributed by atoms with Gasteiger partial charge in [-0.2, -0.15) is 0 Å². The molecule has 0 saturated carbocycles. The molecule has 0 spiro atoms. The number of benzene rings is 2. The average molecular weight is 345 g/mol. The van der Waals surface area contributed by atoms with Crippen LogP contribution in [0.25, 0.3) is 0 Å². The fourth-order valence-corrected chi connectivity index (χ4v) is 3.09. The molecular formula is C16H16Cl3NO. The zero-order valence-corrected chi connectivity index (χ0v) is 14.1. The van der Waals surface area contributed by atoms with Gasteiger partial charge in [0.25, 0.3) is 0 Å². The van der Waals surface area contributed by atoms with Crippen molar-refractivity contribution >= 4 is 34.8 Å². The van der Waals surface area contributed by atoms with Gasteiger partial charge < -0.3 is 10.5 Å². The van der Waals surface area contributed by atoms with Crippen molar-refractivity contribution in [1.29, 1.82) is 0 Å². The summed E-state index contributed by atoms with van der Waals surface area (Å²) in [6, 6.07) is 9.12. The SMILES string of the molecule is Cc1cc(C)cc(C(N)COc2c(Cl)cc(Cl)cc2Cl)c1. The van der Waals surface area contributed by atoms with E-state index in [4.69, 9.17) is 45.3 Å². The molecule has 2 aromatic rings. The van der Waals surface area contributed by atoms with E-state index in [-0.39, 0.29) is 12.6 Å². The summed E-state index contributed by atoms with van der Waals surface area (Å²) in [6.45, 7) is 4.36. The quantitative estimate of drug-likeness (QED) is 0.812. The fraction of sp³-hybridized carbons (Fsp3) is 0.250. The molecule has 0 amide bonds. The van der Waals surface area contributed by atoms with Gasteiger partial charge in [0.2, 0.25) is 0 Å². The van der Waals surface area contributed by atoms with Gasteiger partial charge in [0, 0.05) is 5.02 Å². The molecule has 0 heterocycles. The molecular weight excluding hydrogens is 329 g/mol. The van der Waals surface area contributed by atoms with Crippen LogP contribution in [0.15, 0.2) is 30.3 Å². The molecule has 1 atom stereocenters. The Labute approximate surface area is 139 Å². The second-order valence-corrected chi connectivity index (χ2v) is 6.29. The minimum Gasteiger partial charge on any atom is -0.488 e. The molecule has 5 heteroatoms. The van der Waals surface area contributed by atoms with Gasteiger partial charge in [0.1, 0.15) is 6.61 Å². The minimum atomic E-state index is -0.258. The zero-order chi connectivity index (χ0) is 15.6. The molecule has 2 N–H and O–H groups in total. The Morgan fingerprint density at radius 3 is 2.00 bits per heavy atom. The monoisotopic (exact) mass is 343 g/mol. The van der Waals surface area contributed by atoms with Crippen LogP contribution in [0, 0.1) is 13.8 Å². The van der Waals surface area contributed by atoms with Crippen molar-refractivity contribution in [3.63, 3.8) is 0 Å². The summed E-state index contributed by atoms with van der Waals surface area (Å²) in [6.07, 6.45) is 0. The van der Waals surface area contributed by atoms with Crippen LogP contribution in [-0.2, 0) is 0 Å². The number of nitrogens with two attached hydrogens (primary N) is 1. The van der Waals surface area contributed by atoms with Gasteiger partial charge in [0.15, 0.2) is 5.75 Å². The summed E-state index contributed by atoms with van der Waals surface area (Å²) in [4.78, 5) is 0. The number of halogens is 3. The Morgan fingerprint density at radius 2 is 1.48 bits per heavy atom. The first-order valence-electron chi connectivity index (χ1n) is 6.48. The minimum absolute atomic E-state index is 0.258. The lowest BCUT2D eigenvalue weighted by Crippen LogP contribution is -2.19. The molecule has 1 unspecified atom stereocenters. The summed E-state index contributed by atoms with van der Waals surface area (Å²) in [7, 11) is 0. The van der Waals surface area contributed by atoms with E-state index in [9.17, 15) is 0 Å². The van der Waals surface area contributed by atoms with Crippen molar-refractivity contribution in [2.24, 2.45) is 5.73 Å². The topological polar surface area (TPSA) is 35.2 Å². The molecule has 0 fully saturated rings. The van der Waals surface area contributed by atoms with Gasteiger partial charge in [-0.15, -0.1) is 0 Å². The highest BCUT2D eigenvalue weighted by Crippen LogP contribution is 2.36. The highest BCUT2D eigenvalue weighted by atomic mass is 35.5.